The van der Waals surface area contributed by atoms with Gasteiger partial charge in [0.25, 0.3) is 0 Å². The van der Waals surface area contributed by atoms with Gasteiger partial charge in [-0.25, -0.2) is 4.99 Å². The van der Waals surface area contributed by atoms with Gasteiger partial charge in [0.05, 0.1) is 13.1 Å². The lowest BCUT2D eigenvalue weighted by molar-refractivity contribution is 0.419. The largest absolute Gasteiger partial charge is 0.461 e. The molecule has 0 spiro atoms. The molecule has 5 aromatic carbocycles. The Labute approximate surface area is 344 Å². The molecule has 7 rings (SSSR count). The van der Waals surface area contributed by atoms with Crippen molar-refractivity contribution in [2.75, 3.05) is 0 Å². The van der Waals surface area contributed by atoms with Gasteiger partial charge in [-0.1, -0.05) is 146 Å². The fraction of sp³-hybridized carbons (Fsp3) is 0.151. The minimum absolute atomic E-state index is 0.593. The topological polar surface area (TPSA) is 59.5 Å². The van der Waals surface area contributed by atoms with E-state index in [4.69, 9.17) is 9.15 Å². The van der Waals surface area contributed by atoms with E-state index in [9.17, 15) is 0 Å². The molecule has 0 atom stereocenters. The quantitative estimate of drug-likeness (QED) is 0.0571. The standard InChI is InChI=1S/C23H26O.C15H14N2.C15H13NO/c1-7-10-12-16(4)18(6)24-23-14-13-21-20(9-3)19(11-8-2)15-22(21)17(23)5;1-16-15(14-10-6-3-7-11-14)17-12-13-8-4-2-5-9-13;1-10-6-7-14-13(8-10)12-5-3-4-11(9-16-2)15(12)17-14/h7-14H,1,3,15H2,2,4-6H3;2-11H,1,12H2;3-8H,2,9H2,1H3/b11-8-,12-10-,18-16+;;. The summed E-state index contributed by atoms with van der Waals surface area (Å²) in [5, 5.41) is 2.33. The van der Waals surface area contributed by atoms with E-state index < -0.39 is 0 Å². The summed E-state index contributed by atoms with van der Waals surface area (Å²) in [5.74, 6) is 2.51. The van der Waals surface area contributed by atoms with Crippen LogP contribution >= 0.6 is 0 Å². The average molecular weight is 764 g/mol. The van der Waals surface area contributed by atoms with Crippen LogP contribution in [0.15, 0.2) is 195 Å². The number of allylic oxidation sites excluding steroid dienone is 10. The lowest BCUT2D eigenvalue weighted by atomic mass is 10.00. The van der Waals surface area contributed by atoms with Crippen molar-refractivity contribution in [3.8, 4) is 5.75 Å². The van der Waals surface area contributed by atoms with E-state index in [0.29, 0.717) is 18.9 Å². The fourth-order valence-corrected chi connectivity index (χ4v) is 6.74. The zero-order chi connectivity index (χ0) is 41.4. The molecule has 58 heavy (non-hydrogen) atoms. The highest BCUT2D eigenvalue weighted by Gasteiger charge is 2.22. The number of amidine groups is 1. The lowest BCUT2D eigenvalue weighted by Gasteiger charge is -2.14. The normalized spacial score (nSPS) is 12.7. The third-order valence-electron chi connectivity index (χ3n) is 9.88. The molecule has 0 fully saturated rings. The maximum absolute atomic E-state index is 6.13. The van der Waals surface area contributed by atoms with Gasteiger partial charge in [0.15, 0.2) is 5.84 Å². The molecule has 5 nitrogen and oxygen atoms in total. The summed E-state index contributed by atoms with van der Waals surface area (Å²) in [6.45, 7) is 26.3. The van der Waals surface area contributed by atoms with Crippen molar-refractivity contribution in [2.45, 2.75) is 54.1 Å². The average Bonchev–Trinajstić information content (AvgIpc) is 3.81. The number of benzene rings is 5. The Bertz CT molecular complexity index is 2560. The number of aliphatic imine (C=N–C) groups is 3. The molecule has 1 aliphatic carbocycles. The Morgan fingerprint density at radius 2 is 1.57 bits per heavy atom. The summed E-state index contributed by atoms with van der Waals surface area (Å²) in [6.07, 6.45) is 12.8. The summed E-state index contributed by atoms with van der Waals surface area (Å²) in [6, 6.07) is 36.6. The molecule has 0 bridgehead atoms. The first kappa shape index (κ1) is 42.3. The molecule has 0 unspecified atom stereocenters. The van der Waals surface area contributed by atoms with Crippen LogP contribution in [0.1, 0.15) is 59.7 Å². The molecule has 5 heteroatoms. The van der Waals surface area contributed by atoms with Crippen molar-refractivity contribution >= 4 is 46.8 Å². The van der Waals surface area contributed by atoms with Gasteiger partial charge in [0.2, 0.25) is 0 Å². The van der Waals surface area contributed by atoms with Crippen LogP contribution in [0.3, 0.4) is 0 Å². The number of para-hydroxylation sites is 1. The van der Waals surface area contributed by atoms with Crippen LogP contribution < -0.4 is 4.74 Å². The van der Waals surface area contributed by atoms with Crippen LogP contribution in [-0.2, 0) is 19.5 Å². The first-order valence-corrected chi connectivity index (χ1v) is 19.4. The van der Waals surface area contributed by atoms with Gasteiger partial charge in [0, 0.05) is 21.9 Å². The predicted molar refractivity (Wildman–Crippen MR) is 250 cm³/mol. The van der Waals surface area contributed by atoms with Crippen molar-refractivity contribution in [1.82, 2.24) is 0 Å². The fourth-order valence-electron chi connectivity index (χ4n) is 6.74. The highest BCUT2D eigenvalue weighted by Crippen LogP contribution is 2.40. The SMILES string of the molecule is C=C/C=C\C(C)=C(/C)Oc1ccc2c(c1C)CC(/C=C\C)=C2C=C.C=NC(=NCc1ccccc1)c1ccccc1.C=NCc1cccc2c1oc1ccc(C)cc12. The van der Waals surface area contributed by atoms with Crippen LogP contribution in [0, 0.1) is 13.8 Å². The molecule has 0 amide bonds. The number of ether oxygens (including phenoxy) is 1. The van der Waals surface area contributed by atoms with E-state index in [1.165, 1.54) is 44.3 Å². The van der Waals surface area contributed by atoms with Crippen molar-refractivity contribution in [2.24, 2.45) is 15.0 Å². The molecule has 0 N–H and O–H groups in total. The molecule has 1 aliphatic rings. The van der Waals surface area contributed by atoms with Crippen molar-refractivity contribution in [3.05, 3.63) is 215 Å². The molecule has 0 saturated carbocycles. The Morgan fingerprint density at radius 1 is 0.828 bits per heavy atom. The van der Waals surface area contributed by atoms with Gasteiger partial charge in [-0.3, -0.25) is 9.98 Å². The summed E-state index contributed by atoms with van der Waals surface area (Å²) in [5.41, 5.74) is 13.8. The van der Waals surface area contributed by atoms with E-state index in [1.807, 2.05) is 106 Å². The summed E-state index contributed by atoms with van der Waals surface area (Å²) < 4.78 is 12.0. The molecule has 0 saturated heterocycles. The zero-order valence-electron chi connectivity index (χ0n) is 34.5. The van der Waals surface area contributed by atoms with E-state index in [-0.39, 0.29) is 0 Å². The maximum atomic E-state index is 6.13. The number of fused-ring (bicyclic) bond motifs is 4. The van der Waals surface area contributed by atoms with Crippen LogP contribution in [0.5, 0.6) is 5.75 Å². The second-order valence-corrected chi connectivity index (χ2v) is 13.9. The minimum Gasteiger partial charge on any atom is -0.461 e. The van der Waals surface area contributed by atoms with Crippen molar-refractivity contribution < 1.29 is 9.15 Å². The van der Waals surface area contributed by atoms with Crippen LogP contribution in [0.2, 0.25) is 0 Å². The van der Waals surface area contributed by atoms with Crippen LogP contribution in [-0.4, -0.2) is 19.3 Å². The number of nitrogens with zero attached hydrogens (tertiary/aromatic N) is 3. The molecular formula is C53H53N3O2. The monoisotopic (exact) mass is 763 g/mol. The minimum atomic E-state index is 0.593. The summed E-state index contributed by atoms with van der Waals surface area (Å²) in [4.78, 5) is 12.4. The molecule has 0 radical (unpaired) electrons. The molecule has 1 heterocycles. The molecular weight excluding hydrogens is 711 g/mol. The second kappa shape index (κ2) is 20.9. The predicted octanol–water partition coefficient (Wildman–Crippen LogP) is 13.9. The van der Waals surface area contributed by atoms with Gasteiger partial charge in [-0.2, -0.15) is 0 Å². The highest BCUT2D eigenvalue weighted by molar-refractivity contribution is 6.06. The van der Waals surface area contributed by atoms with Gasteiger partial charge in [-0.15, -0.1) is 0 Å². The second-order valence-electron chi connectivity index (χ2n) is 13.9. The molecule has 6 aromatic rings. The Balaban J connectivity index is 0.000000169. The number of hydrogen-bond acceptors (Lipinski definition) is 4. The number of furan rings is 1. The smallest absolute Gasteiger partial charge is 0.154 e. The van der Waals surface area contributed by atoms with Gasteiger partial charge >= 0.3 is 0 Å². The highest BCUT2D eigenvalue weighted by atomic mass is 16.5. The van der Waals surface area contributed by atoms with Crippen molar-refractivity contribution in [3.63, 3.8) is 0 Å². The van der Waals surface area contributed by atoms with E-state index >= 15 is 0 Å². The number of aryl methyl sites for hydroxylation is 1. The summed E-state index contributed by atoms with van der Waals surface area (Å²) >= 11 is 0. The summed E-state index contributed by atoms with van der Waals surface area (Å²) in [7, 11) is 0. The van der Waals surface area contributed by atoms with Crippen LogP contribution in [0.4, 0.5) is 0 Å². The first-order valence-electron chi connectivity index (χ1n) is 19.4. The Hall–Kier alpha value is -6.85. The molecule has 292 valence electrons. The van der Waals surface area contributed by atoms with Crippen molar-refractivity contribution in [1.29, 1.82) is 0 Å². The first-order chi connectivity index (χ1) is 28.2. The van der Waals surface area contributed by atoms with E-state index in [0.717, 1.165) is 51.2 Å². The Kier molecular flexibility index (Phi) is 15.2. The van der Waals surface area contributed by atoms with E-state index in [1.54, 1.807) is 6.08 Å². The molecule has 0 aliphatic heterocycles. The van der Waals surface area contributed by atoms with E-state index in [2.05, 4.69) is 110 Å². The molecule has 1 aromatic heterocycles. The number of hydrogen-bond donors (Lipinski definition) is 0. The van der Waals surface area contributed by atoms with Gasteiger partial charge < -0.3 is 9.15 Å². The third kappa shape index (κ3) is 10.5. The number of rotatable bonds is 11. The maximum Gasteiger partial charge on any atom is 0.154 e. The van der Waals surface area contributed by atoms with Gasteiger partial charge in [-0.05, 0) is 112 Å². The van der Waals surface area contributed by atoms with Crippen LogP contribution in [0.25, 0.3) is 27.5 Å². The lowest BCUT2D eigenvalue weighted by Crippen LogP contribution is -1.99. The Morgan fingerprint density at radius 3 is 2.24 bits per heavy atom. The van der Waals surface area contributed by atoms with Gasteiger partial charge in [0.1, 0.15) is 22.7 Å². The third-order valence-corrected chi connectivity index (χ3v) is 9.88. The zero-order valence-corrected chi connectivity index (χ0v) is 34.5.